The monoisotopic (exact) mass is 315 g/mol. The number of anilines is 1. The summed E-state index contributed by atoms with van der Waals surface area (Å²) in [5.41, 5.74) is 2.20. The number of carbonyl (C=O) groups excluding carboxylic acids is 1. The third-order valence-electron chi connectivity index (χ3n) is 3.98. The van der Waals surface area contributed by atoms with Gasteiger partial charge in [0.1, 0.15) is 5.75 Å². The Kier molecular flexibility index (Phi) is 4.09. The molecule has 1 aliphatic rings. The fourth-order valence-electron chi connectivity index (χ4n) is 2.67. The molecule has 1 aliphatic heterocycles. The molecule has 0 bridgehead atoms. The van der Waals surface area contributed by atoms with Crippen molar-refractivity contribution in [2.75, 3.05) is 25.6 Å². The van der Waals surface area contributed by atoms with Crippen LogP contribution in [0.4, 0.5) is 5.69 Å². The zero-order chi connectivity index (χ0) is 16.4. The molecule has 0 spiro atoms. The maximum absolute atomic E-state index is 12.6. The molecule has 6 heteroatoms. The normalized spacial score (nSPS) is 15.1. The Balaban J connectivity index is 1.77. The van der Waals surface area contributed by atoms with E-state index in [-0.39, 0.29) is 11.3 Å². The summed E-state index contributed by atoms with van der Waals surface area (Å²) in [6.07, 6.45) is 3.41. The summed E-state index contributed by atoms with van der Waals surface area (Å²) in [6.45, 7) is 6.02. The quantitative estimate of drug-likeness (QED) is 0.920. The predicted octanol–water partition coefficient (Wildman–Crippen LogP) is 2.45. The van der Waals surface area contributed by atoms with Gasteiger partial charge in [0.15, 0.2) is 0 Å². The molecule has 6 nitrogen and oxygen atoms in total. The zero-order valence-electron chi connectivity index (χ0n) is 13.6. The molecule has 0 saturated heterocycles. The van der Waals surface area contributed by atoms with E-state index in [1.165, 1.54) is 0 Å². The average molecular weight is 315 g/mol. The second-order valence-corrected chi connectivity index (χ2v) is 6.29. The fourth-order valence-corrected chi connectivity index (χ4v) is 2.67. The number of fused-ring (bicyclic) bond motifs is 1. The van der Waals surface area contributed by atoms with E-state index >= 15 is 0 Å². The number of aromatic nitrogens is 2. The van der Waals surface area contributed by atoms with Gasteiger partial charge in [-0.15, -0.1) is 0 Å². The minimum Gasteiger partial charge on any atom is -0.492 e. The van der Waals surface area contributed by atoms with Gasteiger partial charge in [0.2, 0.25) is 0 Å². The highest BCUT2D eigenvalue weighted by Crippen LogP contribution is 2.40. The van der Waals surface area contributed by atoms with Crippen molar-refractivity contribution < 1.29 is 14.3 Å². The van der Waals surface area contributed by atoms with E-state index in [4.69, 9.17) is 9.47 Å². The van der Waals surface area contributed by atoms with E-state index in [0.717, 1.165) is 5.56 Å². The van der Waals surface area contributed by atoms with Gasteiger partial charge < -0.3 is 14.8 Å². The van der Waals surface area contributed by atoms with Crippen LogP contribution in [-0.2, 0) is 16.7 Å². The smallest absolute Gasteiger partial charge is 0.259 e. The number of nitrogens with zero attached hydrogens (tertiary/aromatic N) is 2. The van der Waals surface area contributed by atoms with Gasteiger partial charge in [0.25, 0.3) is 5.91 Å². The van der Waals surface area contributed by atoms with Gasteiger partial charge in [-0.1, -0.05) is 26.0 Å². The van der Waals surface area contributed by atoms with Gasteiger partial charge in [0.05, 0.1) is 37.2 Å². The molecule has 23 heavy (non-hydrogen) atoms. The first-order chi connectivity index (χ1) is 11.0. The number of methoxy groups -OCH3 is 1. The number of benzene rings is 1. The molecule has 1 N–H and O–H groups in total. The van der Waals surface area contributed by atoms with Crippen LogP contribution in [0.25, 0.3) is 0 Å². The van der Waals surface area contributed by atoms with Crippen molar-refractivity contribution in [3.8, 4) is 5.75 Å². The van der Waals surface area contributed by atoms with E-state index < -0.39 is 0 Å². The molecule has 0 radical (unpaired) electrons. The maximum atomic E-state index is 12.6. The summed E-state index contributed by atoms with van der Waals surface area (Å²) in [6, 6.07) is 5.69. The van der Waals surface area contributed by atoms with Gasteiger partial charge in [0, 0.05) is 24.3 Å². The maximum Gasteiger partial charge on any atom is 0.259 e. The molecule has 0 atom stereocenters. The highest BCUT2D eigenvalue weighted by molar-refractivity contribution is 6.06. The van der Waals surface area contributed by atoms with Crippen molar-refractivity contribution in [1.29, 1.82) is 0 Å². The Bertz CT molecular complexity index is 722. The molecule has 0 fully saturated rings. The standard InChI is InChI=1S/C17H21N3O3/c1-17(2)11-23-15-13(5-4-6-14(15)17)16(21)19-12-9-18-20(10-12)7-8-22-3/h4-6,9-10H,7-8,11H2,1-3H3,(H,19,21). The Hall–Kier alpha value is -2.34. The van der Waals surface area contributed by atoms with Gasteiger partial charge in [-0.3, -0.25) is 9.48 Å². The van der Waals surface area contributed by atoms with Crippen molar-refractivity contribution in [2.24, 2.45) is 0 Å². The van der Waals surface area contributed by atoms with Crippen molar-refractivity contribution in [3.63, 3.8) is 0 Å². The third kappa shape index (κ3) is 3.07. The highest BCUT2D eigenvalue weighted by atomic mass is 16.5. The number of amides is 1. The topological polar surface area (TPSA) is 65.4 Å². The van der Waals surface area contributed by atoms with Gasteiger partial charge >= 0.3 is 0 Å². The van der Waals surface area contributed by atoms with E-state index in [9.17, 15) is 4.79 Å². The SMILES string of the molecule is COCCn1cc(NC(=O)c2cccc3c2OCC3(C)C)cn1. The second kappa shape index (κ2) is 6.04. The van der Waals surface area contributed by atoms with Gasteiger partial charge in [-0.05, 0) is 6.07 Å². The Morgan fingerprint density at radius 1 is 1.48 bits per heavy atom. The molecule has 2 heterocycles. The summed E-state index contributed by atoms with van der Waals surface area (Å²) < 4.78 is 12.5. The second-order valence-electron chi connectivity index (χ2n) is 6.29. The van der Waals surface area contributed by atoms with Crippen molar-refractivity contribution >= 4 is 11.6 Å². The molecule has 0 aliphatic carbocycles. The minimum atomic E-state index is -0.189. The van der Waals surface area contributed by atoms with Crippen LogP contribution in [0.15, 0.2) is 30.6 Å². The summed E-state index contributed by atoms with van der Waals surface area (Å²) in [4.78, 5) is 12.6. The Labute approximate surface area is 135 Å². The minimum absolute atomic E-state index is 0.0728. The number of carbonyl (C=O) groups is 1. The number of hydrogen-bond acceptors (Lipinski definition) is 4. The van der Waals surface area contributed by atoms with Crippen LogP contribution in [0.1, 0.15) is 29.8 Å². The van der Waals surface area contributed by atoms with Crippen LogP contribution in [0, 0.1) is 0 Å². The number of rotatable bonds is 5. The van der Waals surface area contributed by atoms with E-state index in [0.29, 0.717) is 36.8 Å². The third-order valence-corrected chi connectivity index (χ3v) is 3.98. The lowest BCUT2D eigenvalue weighted by molar-refractivity contribution is 0.102. The van der Waals surface area contributed by atoms with Crippen LogP contribution in [-0.4, -0.2) is 36.0 Å². The molecule has 1 aromatic carbocycles. The molecule has 122 valence electrons. The molecule has 1 amide bonds. The lowest BCUT2D eigenvalue weighted by atomic mass is 9.86. The zero-order valence-corrected chi connectivity index (χ0v) is 13.6. The molecule has 1 aromatic heterocycles. The Morgan fingerprint density at radius 2 is 2.30 bits per heavy atom. The van der Waals surface area contributed by atoms with Crippen molar-refractivity contribution in [3.05, 3.63) is 41.7 Å². The van der Waals surface area contributed by atoms with Crippen LogP contribution in [0.3, 0.4) is 0 Å². The van der Waals surface area contributed by atoms with E-state index in [2.05, 4.69) is 24.3 Å². The number of hydrogen-bond donors (Lipinski definition) is 1. The molecule has 2 aromatic rings. The van der Waals surface area contributed by atoms with E-state index in [1.807, 2.05) is 12.1 Å². The molecular formula is C17H21N3O3. The fraction of sp³-hybridized carbons (Fsp3) is 0.412. The molecule has 0 saturated carbocycles. The number of para-hydroxylation sites is 1. The van der Waals surface area contributed by atoms with Crippen LogP contribution < -0.4 is 10.1 Å². The van der Waals surface area contributed by atoms with Gasteiger partial charge in [-0.2, -0.15) is 5.10 Å². The number of nitrogens with one attached hydrogen (secondary N) is 1. The lowest BCUT2D eigenvalue weighted by Crippen LogP contribution is -2.18. The average Bonchev–Trinajstić information content (AvgIpc) is 3.09. The molecule has 3 rings (SSSR count). The summed E-state index contributed by atoms with van der Waals surface area (Å²) >= 11 is 0. The van der Waals surface area contributed by atoms with Crippen LogP contribution in [0.5, 0.6) is 5.75 Å². The first-order valence-corrected chi connectivity index (χ1v) is 7.60. The molecule has 0 unspecified atom stereocenters. The summed E-state index contributed by atoms with van der Waals surface area (Å²) in [5, 5.41) is 7.06. The lowest BCUT2D eigenvalue weighted by Gasteiger charge is -2.15. The summed E-state index contributed by atoms with van der Waals surface area (Å²) in [5.74, 6) is 0.493. The van der Waals surface area contributed by atoms with Crippen LogP contribution >= 0.6 is 0 Å². The summed E-state index contributed by atoms with van der Waals surface area (Å²) in [7, 11) is 1.64. The first-order valence-electron chi connectivity index (χ1n) is 7.60. The van der Waals surface area contributed by atoms with Crippen LogP contribution in [0.2, 0.25) is 0 Å². The van der Waals surface area contributed by atoms with Gasteiger partial charge in [-0.25, -0.2) is 0 Å². The van der Waals surface area contributed by atoms with Crippen molar-refractivity contribution in [2.45, 2.75) is 25.8 Å². The Morgan fingerprint density at radius 3 is 3.09 bits per heavy atom. The first kappa shape index (κ1) is 15.6. The largest absolute Gasteiger partial charge is 0.492 e. The predicted molar refractivity (Wildman–Crippen MR) is 87.0 cm³/mol. The van der Waals surface area contributed by atoms with Crippen molar-refractivity contribution in [1.82, 2.24) is 9.78 Å². The number of ether oxygens (including phenoxy) is 2. The highest BCUT2D eigenvalue weighted by Gasteiger charge is 2.34. The molecular weight excluding hydrogens is 294 g/mol. The van der Waals surface area contributed by atoms with E-state index in [1.54, 1.807) is 30.3 Å².